The molecule has 2 rings (SSSR count). The average molecular weight is 370 g/mol. The van der Waals surface area contributed by atoms with Gasteiger partial charge in [0.2, 0.25) is 0 Å². The second-order valence-corrected chi connectivity index (χ2v) is 6.95. The van der Waals surface area contributed by atoms with E-state index in [1.807, 2.05) is 18.2 Å². The van der Waals surface area contributed by atoms with Gasteiger partial charge in [0.25, 0.3) is 0 Å². The van der Waals surface area contributed by atoms with Gasteiger partial charge in [0.1, 0.15) is 11.5 Å². The quantitative estimate of drug-likeness (QED) is 0.370. The first-order valence-corrected chi connectivity index (χ1v) is 10.5. The third kappa shape index (κ3) is 8.38. The number of para-hydroxylation sites is 1. The molecule has 0 amide bonds. The predicted molar refractivity (Wildman–Crippen MR) is 115 cm³/mol. The molecular formula is C24H35NO2. The van der Waals surface area contributed by atoms with Gasteiger partial charge in [-0.3, -0.25) is 0 Å². The van der Waals surface area contributed by atoms with Crippen molar-refractivity contribution in [3.05, 3.63) is 54.1 Å². The molecule has 2 aromatic rings. The molecule has 0 unspecified atom stereocenters. The summed E-state index contributed by atoms with van der Waals surface area (Å²) >= 11 is 0. The van der Waals surface area contributed by atoms with Gasteiger partial charge in [-0.25, -0.2) is 0 Å². The fourth-order valence-electron chi connectivity index (χ4n) is 2.94. The van der Waals surface area contributed by atoms with Gasteiger partial charge >= 0.3 is 0 Å². The van der Waals surface area contributed by atoms with Crippen molar-refractivity contribution >= 4 is 5.69 Å². The average Bonchev–Trinajstić information content (AvgIpc) is 2.70. The molecular weight excluding hydrogens is 334 g/mol. The van der Waals surface area contributed by atoms with E-state index in [2.05, 4.69) is 49.5 Å². The van der Waals surface area contributed by atoms with Crippen LogP contribution in [0.5, 0.6) is 11.5 Å². The first-order chi connectivity index (χ1) is 13.3. The van der Waals surface area contributed by atoms with Gasteiger partial charge in [-0.15, -0.1) is 0 Å². The van der Waals surface area contributed by atoms with Crippen LogP contribution in [-0.2, 0) is 6.54 Å². The van der Waals surface area contributed by atoms with Crippen molar-refractivity contribution in [2.45, 2.75) is 65.3 Å². The van der Waals surface area contributed by atoms with E-state index in [9.17, 15) is 0 Å². The van der Waals surface area contributed by atoms with E-state index in [4.69, 9.17) is 9.47 Å². The van der Waals surface area contributed by atoms with Crippen LogP contribution in [0.2, 0.25) is 0 Å². The second kappa shape index (κ2) is 13.1. The number of nitrogens with one attached hydrogen (secondary N) is 1. The smallest absolute Gasteiger partial charge is 0.124 e. The van der Waals surface area contributed by atoms with Crippen molar-refractivity contribution in [2.24, 2.45) is 0 Å². The Morgan fingerprint density at radius 2 is 1.48 bits per heavy atom. The zero-order valence-electron chi connectivity index (χ0n) is 17.0. The maximum absolute atomic E-state index is 5.97. The topological polar surface area (TPSA) is 30.5 Å². The Balaban J connectivity index is 1.83. The molecule has 3 heteroatoms. The highest BCUT2D eigenvalue weighted by Crippen LogP contribution is 2.22. The summed E-state index contributed by atoms with van der Waals surface area (Å²) in [5.74, 6) is 1.91. The molecule has 2 aromatic carbocycles. The van der Waals surface area contributed by atoms with Crippen LogP contribution in [0.4, 0.5) is 5.69 Å². The van der Waals surface area contributed by atoms with Crippen LogP contribution in [0.15, 0.2) is 48.5 Å². The number of rotatable bonds is 14. The summed E-state index contributed by atoms with van der Waals surface area (Å²) in [7, 11) is 0. The lowest BCUT2D eigenvalue weighted by atomic mass is 10.2. The number of unbranched alkanes of at least 4 members (excludes halogenated alkanes) is 5. The highest BCUT2D eigenvalue weighted by Gasteiger charge is 2.04. The monoisotopic (exact) mass is 369 g/mol. The molecule has 0 saturated heterocycles. The number of ether oxygens (including phenoxy) is 2. The van der Waals surface area contributed by atoms with Crippen LogP contribution in [0.3, 0.4) is 0 Å². The molecule has 0 aliphatic heterocycles. The summed E-state index contributed by atoms with van der Waals surface area (Å²) in [5.41, 5.74) is 2.25. The Morgan fingerprint density at radius 3 is 2.33 bits per heavy atom. The highest BCUT2D eigenvalue weighted by molar-refractivity contribution is 5.49. The van der Waals surface area contributed by atoms with Crippen LogP contribution in [0.25, 0.3) is 0 Å². The normalized spacial score (nSPS) is 10.6. The Kier molecular flexibility index (Phi) is 10.2. The Labute approximate surface area is 165 Å². The molecule has 0 aliphatic carbocycles. The van der Waals surface area contributed by atoms with E-state index in [1.165, 1.54) is 37.7 Å². The molecule has 0 aromatic heterocycles. The first-order valence-electron chi connectivity index (χ1n) is 10.5. The fourth-order valence-corrected chi connectivity index (χ4v) is 2.94. The molecule has 0 atom stereocenters. The molecule has 148 valence electrons. The van der Waals surface area contributed by atoms with Crippen molar-refractivity contribution in [2.75, 3.05) is 18.5 Å². The molecule has 27 heavy (non-hydrogen) atoms. The molecule has 0 bridgehead atoms. The Hall–Kier alpha value is -2.16. The second-order valence-electron chi connectivity index (χ2n) is 6.95. The summed E-state index contributed by atoms with van der Waals surface area (Å²) in [6.45, 7) is 6.75. The van der Waals surface area contributed by atoms with Gasteiger partial charge in [-0.1, -0.05) is 70.2 Å². The van der Waals surface area contributed by atoms with Crippen molar-refractivity contribution in [3.8, 4) is 11.5 Å². The molecule has 0 aliphatic rings. The van der Waals surface area contributed by atoms with Crippen LogP contribution < -0.4 is 14.8 Å². The minimum absolute atomic E-state index is 0.740. The minimum Gasteiger partial charge on any atom is -0.494 e. The lowest BCUT2D eigenvalue weighted by molar-refractivity contribution is 0.303. The van der Waals surface area contributed by atoms with E-state index in [0.29, 0.717) is 0 Å². The third-order valence-corrected chi connectivity index (χ3v) is 4.56. The highest BCUT2D eigenvalue weighted by atomic mass is 16.5. The molecule has 0 saturated carbocycles. The van der Waals surface area contributed by atoms with Gasteiger partial charge in [0, 0.05) is 23.9 Å². The molecule has 0 spiro atoms. The van der Waals surface area contributed by atoms with E-state index < -0.39 is 0 Å². The fraction of sp³-hybridized carbons (Fsp3) is 0.500. The Bertz CT molecular complexity index is 642. The largest absolute Gasteiger partial charge is 0.494 e. The molecule has 1 N–H and O–H groups in total. The van der Waals surface area contributed by atoms with E-state index in [1.54, 1.807) is 0 Å². The number of benzene rings is 2. The minimum atomic E-state index is 0.740. The van der Waals surface area contributed by atoms with Crippen molar-refractivity contribution in [1.29, 1.82) is 0 Å². The lowest BCUT2D eigenvalue weighted by Gasteiger charge is -2.13. The molecule has 3 nitrogen and oxygen atoms in total. The summed E-state index contributed by atoms with van der Waals surface area (Å²) < 4.78 is 11.9. The summed E-state index contributed by atoms with van der Waals surface area (Å²) in [4.78, 5) is 0. The van der Waals surface area contributed by atoms with Gasteiger partial charge in [-0.2, -0.15) is 0 Å². The third-order valence-electron chi connectivity index (χ3n) is 4.56. The molecule has 0 radical (unpaired) electrons. The van der Waals surface area contributed by atoms with Gasteiger partial charge in [-0.05, 0) is 31.0 Å². The molecule has 0 fully saturated rings. The summed E-state index contributed by atoms with van der Waals surface area (Å²) in [6.07, 6.45) is 8.43. The number of hydrogen-bond donors (Lipinski definition) is 1. The standard InChI is InChI=1S/C24H35NO2/c1-3-5-7-11-17-26-23-15-12-14-22(19-23)25-20-21-13-8-9-16-24(21)27-18-10-6-4-2/h8-9,12-16,19,25H,3-7,10-11,17-18,20H2,1-2H3. The van der Waals surface area contributed by atoms with Crippen LogP contribution >= 0.6 is 0 Å². The van der Waals surface area contributed by atoms with E-state index in [-0.39, 0.29) is 0 Å². The first kappa shape index (κ1) is 21.1. The predicted octanol–water partition coefficient (Wildman–Crippen LogP) is 6.83. The maximum atomic E-state index is 5.97. The number of anilines is 1. The van der Waals surface area contributed by atoms with Gasteiger partial charge < -0.3 is 14.8 Å². The molecule has 0 heterocycles. The zero-order chi connectivity index (χ0) is 19.2. The van der Waals surface area contributed by atoms with E-state index >= 15 is 0 Å². The van der Waals surface area contributed by atoms with Crippen molar-refractivity contribution in [1.82, 2.24) is 0 Å². The van der Waals surface area contributed by atoms with Crippen LogP contribution in [0, 0.1) is 0 Å². The van der Waals surface area contributed by atoms with Crippen LogP contribution in [0.1, 0.15) is 64.4 Å². The van der Waals surface area contributed by atoms with Gasteiger partial charge in [0.15, 0.2) is 0 Å². The summed E-state index contributed by atoms with van der Waals surface area (Å²) in [5, 5.41) is 3.49. The van der Waals surface area contributed by atoms with Gasteiger partial charge in [0.05, 0.1) is 13.2 Å². The summed E-state index contributed by atoms with van der Waals surface area (Å²) in [6, 6.07) is 16.5. The van der Waals surface area contributed by atoms with E-state index in [0.717, 1.165) is 49.8 Å². The van der Waals surface area contributed by atoms with Crippen LogP contribution in [-0.4, -0.2) is 13.2 Å². The maximum Gasteiger partial charge on any atom is 0.124 e. The zero-order valence-corrected chi connectivity index (χ0v) is 17.0. The number of hydrogen-bond acceptors (Lipinski definition) is 3. The van der Waals surface area contributed by atoms with Crippen molar-refractivity contribution in [3.63, 3.8) is 0 Å². The van der Waals surface area contributed by atoms with Crippen molar-refractivity contribution < 1.29 is 9.47 Å². The SMILES string of the molecule is CCCCCCOc1cccc(NCc2ccccc2OCCCCC)c1. The Morgan fingerprint density at radius 1 is 0.741 bits per heavy atom. The lowest BCUT2D eigenvalue weighted by Crippen LogP contribution is -2.05.